The molecule has 3 unspecified atom stereocenters. The van der Waals surface area contributed by atoms with Crippen LogP contribution in [0.15, 0.2) is 48.6 Å². The Morgan fingerprint density at radius 1 is 0.447 bits per heavy atom. The van der Waals surface area contributed by atoms with E-state index in [2.05, 4.69) is 55.6 Å². The van der Waals surface area contributed by atoms with Gasteiger partial charge in [-0.1, -0.05) is 300 Å². The highest BCUT2D eigenvalue weighted by molar-refractivity contribution is 7.47. The average Bonchev–Trinajstić information content (AvgIpc) is 3.38. The summed E-state index contributed by atoms with van der Waals surface area (Å²) in [6, 6.07) is -0.863. The predicted molar refractivity (Wildman–Crippen MR) is 332 cm³/mol. The molecule has 0 aromatic carbocycles. The molecular weight excluding hydrogens is 960 g/mol. The standard InChI is InChI=1S/C67H129N2O6P/c1-6-8-10-12-14-16-18-20-22-24-26-28-29-30-31-32-33-34-35-36-37-38-39-41-43-45-47-49-51-53-55-57-59-61-67(71)68-65(64-75-76(72,73)74-63-62-69(3,4)5)66(70)60-58-56-54-52-50-48-46-44-42-40-27-25-23-21-19-17-15-13-11-9-7-2/h18,20,24,26,50,52,58,60,65-66,70H,6-17,19,21-23,25,27-49,51,53-57,59,61-64H2,1-5H3,(H-,68,71,72,73)/p+1/b20-18-,26-24-,52-50+,60-58+. The van der Waals surface area contributed by atoms with Gasteiger partial charge in [0, 0.05) is 6.42 Å². The highest BCUT2D eigenvalue weighted by atomic mass is 31.2. The minimum atomic E-state index is -4.36. The molecule has 9 heteroatoms. The van der Waals surface area contributed by atoms with Crippen LogP contribution in [-0.2, 0) is 18.4 Å². The van der Waals surface area contributed by atoms with Crippen molar-refractivity contribution in [2.45, 2.75) is 334 Å². The fourth-order valence-corrected chi connectivity index (χ4v) is 10.6. The number of rotatable bonds is 61. The minimum absolute atomic E-state index is 0.0572. The van der Waals surface area contributed by atoms with Crippen LogP contribution in [0.4, 0.5) is 0 Å². The molecule has 0 spiro atoms. The van der Waals surface area contributed by atoms with Crippen molar-refractivity contribution in [1.29, 1.82) is 0 Å². The Balaban J connectivity index is 4.07. The zero-order chi connectivity index (χ0) is 55.6. The van der Waals surface area contributed by atoms with E-state index in [4.69, 9.17) is 9.05 Å². The van der Waals surface area contributed by atoms with Crippen molar-refractivity contribution in [2.24, 2.45) is 0 Å². The lowest BCUT2D eigenvalue weighted by atomic mass is 10.0. The summed E-state index contributed by atoms with van der Waals surface area (Å²) in [7, 11) is 1.57. The molecule has 0 radical (unpaired) electrons. The Morgan fingerprint density at radius 2 is 0.763 bits per heavy atom. The van der Waals surface area contributed by atoms with Gasteiger partial charge in [-0.05, 0) is 64.2 Å². The molecule has 8 nitrogen and oxygen atoms in total. The third-order valence-electron chi connectivity index (χ3n) is 15.0. The number of carbonyl (C=O) groups is 1. The van der Waals surface area contributed by atoms with Gasteiger partial charge in [0.2, 0.25) is 5.91 Å². The van der Waals surface area contributed by atoms with Crippen molar-refractivity contribution in [1.82, 2.24) is 5.32 Å². The number of quaternary nitrogens is 1. The maximum atomic E-state index is 13.0. The second-order valence-corrected chi connectivity index (χ2v) is 25.3. The van der Waals surface area contributed by atoms with Gasteiger partial charge in [-0.15, -0.1) is 0 Å². The van der Waals surface area contributed by atoms with Gasteiger partial charge < -0.3 is 19.8 Å². The monoisotopic (exact) mass is 1090 g/mol. The van der Waals surface area contributed by atoms with Crippen LogP contribution in [0.3, 0.4) is 0 Å². The number of amides is 1. The molecule has 1 amide bonds. The summed E-state index contributed by atoms with van der Waals surface area (Å²) >= 11 is 0. The molecule has 0 heterocycles. The van der Waals surface area contributed by atoms with E-state index in [0.717, 1.165) is 44.9 Å². The van der Waals surface area contributed by atoms with E-state index in [-0.39, 0.29) is 19.1 Å². The van der Waals surface area contributed by atoms with Crippen LogP contribution in [0, 0.1) is 0 Å². The number of allylic oxidation sites excluding steroid dienone is 7. The Kier molecular flexibility index (Phi) is 56.9. The van der Waals surface area contributed by atoms with Crippen LogP contribution in [0.1, 0.15) is 322 Å². The smallest absolute Gasteiger partial charge is 0.387 e. The van der Waals surface area contributed by atoms with Crippen LogP contribution in [0.25, 0.3) is 0 Å². The normalized spacial score (nSPS) is 14.0. The summed E-state index contributed by atoms with van der Waals surface area (Å²) in [5.74, 6) is -0.181. The first-order chi connectivity index (χ1) is 37.0. The summed E-state index contributed by atoms with van der Waals surface area (Å²) in [6.07, 6.45) is 78.2. The molecular formula is C67H130N2O6P+. The van der Waals surface area contributed by atoms with Gasteiger partial charge in [-0.3, -0.25) is 13.8 Å². The molecule has 0 rings (SSSR count). The number of carbonyl (C=O) groups excluding carboxylic acids is 1. The Bertz CT molecular complexity index is 1380. The van der Waals surface area contributed by atoms with E-state index >= 15 is 0 Å². The first-order valence-electron chi connectivity index (χ1n) is 33.0. The Labute approximate surface area is 473 Å². The van der Waals surface area contributed by atoms with Gasteiger partial charge in [0.1, 0.15) is 13.2 Å². The second-order valence-electron chi connectivity index (χ2n) is 23.8. The topological polar surface area (TPSA) is 105 Å². The van der Waals surface area contributed by atoms with Crippen LogP contribution in [0.2, 0.25) is 0 Å². The zero-order valence-corrected chi connectivity index (χ0v) is 52.2. The first kappa shape index (κ1) is 74.5. The third-order valence-corrected chi connectivity index (χ3v) is 16.0. The number of unbranched alkanes of at least 4 members (excludes halogenated alkanes) is 42. The molecule has 0 fully saturated rings. The van der Waals surface area contributed by atoms with Crippen LogP contribution in [-0.4, -0.2) is 73.4 Å². The van der Waals surface area contributed by atoms with Crippen molar-refractivity contribution >= 4 is 13.7 Å². The molecule has 76 heavy (non-hydrogen) atoms. The van der Waals surface area contributed by atoms with Crippen LogP contribution in [0.5, 0.6) is 0 Å². The number of nitrogens with zero attached hydrogens (tertiary/aromatic N) is 1. The summed E-state index contributed by atoms with van der Waals surface area (Å²) in [4.78, 5) is 23.4. The zero-order valence-electron chi connectivity index (χ0n) is 51.3. The number of likely N-dealkylation sites (N-methyl/N-ethyl adjacent to an activating group) is 1. The summed E-state index contributed by atoms with van der Waals surface area (Å²) in [5, 5.41) is 14.0. The first-order valence-corrected chi connectivity index (χ1v) is 34.5. The van der Waals surface area contributed by atoms with Gasteiger partial charge in [0.05, 0.1) is 39.9 Å². The van der Waals surface area contributed by atoms with Gasteiger partial charge >= 0.3 is 7.82 Å². The van der Waals surface area contributed by atoms with Crippen molar-refractivity contribution < 1.29 is 32.9 Å². The molecule has 0 bridgehead atoms. The number of hydrogen-bond acceptors (Lipinski definition) is 5. The van der Waals surface area contributed by atoms with E-state index in [9.17, 15) is 19.4 Å². The number of phosphoric acid groups is 1. The van der Waals surface area contributed by atoms with Crippen molar-refractivity contribution in [3.8, 4) is 0 Å². The van der Waals surface area contributed by atoms with Gasteiger partial charge in [-0.2, -0.15) is 0 Å². The van der Waals surface area contributed by atoms with E-state index in [1.54, 1.807) is 6.08 Å². The number of phosphoric ester groups is 1. The molecule has 0 aromatic heterocycles. The lowest BCUT2D eigenvalue weighted by Gasteiger charge is -2.25. The Morgan fingerprint density at radius 3 is 1.13 bits per heavy atom. The molecule has 0 aliphatic rings. The fourth-order valence-electron chi connectivity index (χ4n) is 9.86. The third kappa shape index (κ3) is 60.1. The van der Waals surface area contributed by atoms with E-state index in [1.165, 1.54) is 257 Å². The summed E-state index contributed by atoms with van der Waals surface area (Å²) in [6.45, 7) is 4.83. The van der Waals surface area contributed by atoms with E-state index in [1.807, 2.05) is 27.2 Å². The molecule has 0 saturated carbocycles. The highest BCUT2D eigenvalue weighted by Gasteiger charge is 2.28. The molecule has 3 N–H and O–H groups in total. The number of aliphatic hydroxyl groups excluding tert-OH is 1. The highest BCUT2D eigenvalue weighted by Crippen LogP contribution is 2.43. The average molecular weight is 1090 g/mol. The largest absolute Gasteiger partial charge is 0.472 e. The number of hydrogen-bond donors (Lipinski definition) is 3. The molecule has 448 valence electrons. The molecule has 0 aliphatic carbocycles. The van der Waals surface area contributed by atoms with Crippen LogP contribution < -0.4 is 5.32 Å². The fraction of sp³-hybridized carbons (Fsp3) is 0.866. The van der Waals surface area contributed by atoms with E-state index in [0.29, 0.717) is 17.4 Å². The van der Waals surface area contributed by atoms with Crippen molar-refractivity contribution in [2.75, 3.05) is 40.9 Å². The van der Waals surface area contributed by atoms with Crippen molar-refractivity contribution in [3.05, 3.63) is 48.6 Å². The van der Waals surface area contributed by atoms with Crippen LogP contribution >= 0.6 is 7.82 Å². The van der Waals surface area contributed by atoms with Crippen molar-refractivity contribution in [3.63, 3.8) is 0 Å². The van der Waals surface area contributed by atoms with Gasteiger partial charge in [-0.25, -0.2) is 4.57 Å². The quantitative estimate of drug-likeness (QED) is 0.0243. The SMILES string of the molecule is CCCCCCC/C=C\C/C=C\CCCCCCCCCCCCCCCCCCCCCCCC(=O)NC(COP(=O)(O)OCC[N+](C)(C)C)C(O)/C=C/CC/C=C/CCCCCCCCCCCCCCCCC. The second kappa shape index (κ2) is 58.1. The van der Waals surface area contributed by atoms with E-state index < -0.39 is 20.0 Å². The Hall–Kier alpha value is -1.54. The maximum absolute atomic E-state index is 13.0. The predicted octanol–water partition coefficient (Wildman–Crippen LogP) is 20.7. The number of aliphatic hydroxyl groups is 1. The minimum Gasteiger partial charge on any atom is -0.387 e. The maximum Gasteiger partial charge on any atom is 0.472 e. The van der Waals surface area contributed by atoms with Gasteiger partial charge in [0.15, 0.2) is 0 Å². The molecule has 0 saturated heterocycles. The lowest BCUT2D eigenvalue weighted by molar-refractivity contribution is -0.870. The molecule has 0 aliphatic heterocycles. The lowest BCUT2D eigenvalue weighted by Crippen LogP contribution is -2.45. The summed E-state index contributed by atoms with van der Waals surface area (Å²) < 4.78 is 23.8. The summed E-state index contributed by atoms with van der Waals surface area (Å²) in [5.41, 5.74) is 0. The molecule has 3 atom stereocenters. The molecule has 0 aromatic rings. The number of nitrogens with one attached hydrogen (secondary N) is 1. The van der Waals surface area contributed by atoms with Gasteiger partial charge in [0.25, 0.3) is 0 Å².